The average molecular weight is 155 g/mol. The van der Waals surface area contributed by atoms with E-state index in [-0.39, 0.29) is 0 Å². The average Bonchev–Trinajstić information content (AvgIpc) is 2.04. The minimum atomic E-state index is 0.870. The highest BCUT2D eigenvalue weighted by Gasteiger charge is 1.95. The topological polar surface area (TPSA) is 50.9 Å². The summed E-state index contributed by atoms with van der Waals surface area (Å²) in [5.74, 6) is 5.22. The van der Waals surface area contributed by atoms with Crippen molar-refractivity contribution >= 4 is 17.4 Å². The van der Waals surface area contributed by atoms with Crippen LogP contribution >= 0.6 is 11.8 Å². The molecule has 0 radical (unpaired) electrons. The molecule has 0 aliphatic heterocycles. The molecule has 0 saturated carbocycles. The van der Waals surface area contributed by atoms with E-state index in [0.717, 1.165) is 10.6 Å². The predicted octanol–water partition coefficient (Wildman–Crippen LogP) is 1.09. The van der Waals surface area contributed by atoms with Crippen molar-refractivity contribution in [2.45, 2.75) is 4.90 Å². The van der Waals surface area contributed by atoms with Crippen molar-refractivity contribution in [2.75, 3.05) is 11.7 Å². The first kappa shape index (κ1) is 7.37. The van der Waals surface area contributed by atoms with Gasteiger partial charge in [-0.2, -0.15) is 0 Å². The highest BCUT2D eigenvalue weighted by atomic mass is 32.2. The van der Waals surface area contributed by atoms with Gasteiger partial charge in [0.05, 0.1) is 11.9 Å². The van der Waals surface area contributed by atoms with Crippen LogP contribution in [0.5, 0.6) is 0 Å². The molecule has 0 amide bonds. The number of nitrogens with two attached hydrogens (primary N) is 1. The highest BCUT2D eigenvalue weighted by Crippen LogP contribution is 2.21. The molecule has 0 spiro atoms. The van der Waals surface area contributed by atoms with E-state index >= 15 is 0 Å². The lowest BCUT2D eigenvalue weighted by Crippen LogP contribution is -2.07. The third kappa shape index (κ3) is 1.40. The van der Waals surface area contributed by atoms with Gasteiger partial charge in [-0.25, -0.2) is 0 Å². The van der Waals surface area contributed by atoms with Crippen LogP contribution in [0, 0.1) is 0 Å². The summed E-state index contributed by atoms with van der Waals surface area (Å²) in [7, 11) is 0. The summed E-state index contributed by atoms with van der Waals surface area (Å²) in [6, 6.07) is 1.92. The normalized spacial score (nSPS) is 9.40. The molecule has 1 rings (SSSR count). The molecule has 0 aliphatic rings. The second-order valence-electron chi connectivity index (χ2n) is 1.72. The molecule has 10 heavy (non-hydrogen) atoms. The van der Waals surface area contributed by atoms with Gasteiger partial charge in [0.15, 0.2) is 0 Å². The van der Waals surface area contributed by atoms with Gasteiger partial charge in [0.2, 0.25) is 0 Å². The van der Waals surface area contributed by atoms with Crippen molar-refractivity contribution in [3.05, 3.63) is 18.5 Å². The zero-order valence-electron chi connectivity index (χ0n) is 5.66. The number of hydrazine groups is 1. The van der Waals surface area contributed by atoms with Crippen LogP contribution in [-0.4, -0.2) is 11.2 Å². The van der Waals surface area contributed by atoms with Gasteiger partial charge >= 0.3 is 0 Å². The van der Waals surface area contributed by atoms with Crippen molar-refractivity contribution in [3.63, 3.8) is 0 Å². The molecule has 1 heterocycles. The number of aromatic nitrogens is 1. The van der Waals surface area contributed by atoms with Gasteiger partial charge in [-0.05, 0) is 12.3 Å². The maximum atomic E-state index is 5.22. The monoisotopic (exact) mass is 155 g/mol. The van der Waals surface area contributed by atoms with E-state index in [1.807, 2.05) is 12.3 Å². The number of pyridine rings is 1. The van der Waals surface area contributed by atoms with Crippen LogP contribution in [0.4, 0.5) is 5.69 Å². The molecular formula is C6H9N3S. The molecule has 54 valence electrons. The summed E-state index contributed by atoms with van der Waals surface area (Å²) >= 11 is 1.64. The second-order valence-corrected chi connectivity index (χ2v) is 2.57. The van der Waals surface area contributed by atoms with Gasteiger partial charge in [-0.15, -0.1) is 11.8 Å². The Morgan fingerprint density at radius 1 is 1.70 bits per heavy atom. The Morgan fingerprint density at radius 2 is 2.50 bits per heavy atom. The van der Waals surface area contributed by atoms with E-state index in [1.54, 1.807) is 24.2 Å². The summed E-state index contributed by atoms with van der Waals surface area (Å²) in [4.78, 5) is 5.02. The summed E-state index contributed by atoms with van der Waals surface area (Å²) < 4.78 is 0. The number of hydrogen-bond acceptors (Lipinski definition) is 4. The van der Waals surface area contributed by atoms with E-state index in [2.05, 4.69) is 10.4 Å². The van der Waals surface area contributed by atoms with Gasteiger partial charge in [0.25, 0.3) is 0 Å². The molecule has 1 aromatic heterocycles. The van der Waals surface area contributed by atoms with Crippen molar-refractivity contribution in [2.24, 2.45) is 5.84 Å². The summed E-state index contributed by atoms with van der Waals surface area (Å²) in [6.45, 7) is 0. The van der Waals surface area contributed by atoms with Gasteiger partial charge in [0.1, 0.15) is 0 Å². The molecule has 3 N–H and O–H groups in total. The molecular weight excluding hydrogens is 146 g/mol. The third-order valence-electron chi connectivity index (χ3n) is 1.16. The lowest BCUT2D eigenvalue weighted by Gasteiger charge is -2.02. The highest BCUT2D eigenvalue weighted by molar-refractivity contribution is 7.98. The van der Waals surface area contributed by atoms with Crippen molar-refractivity contribution in [3.8, 4) is 0 Å². The van der Waals surface area contributed by atoms with Crippen LogP contribution in [0.1, 0.15) is 0 Å². The van der Waals surface area contributed by atoms with E-state index in [0.29, 0.717) is 0 Å². The molecule has 0 bridgehead atoms. The molecule has 0 aliphatic carbocycles. The fourth-order valence-corrected chi connectivity index (χ4v) is 1.20. The Labute approximate surface area is 64.0 Å². The molecule has 0 unspecified atom stereocenters. The van der Waals surface area contributed by atoms with E-state index in [1.165, 1.54) is 0 Å². The Morgan fingerprint density at radius 3 is 3.00 bits per heavy atom. The quantitative estimate of drug-likeness (QED) is 0.381. The molecule has 3 nitrogen and oxygen atoms in total. The van der Waals surface area contributed by atoms with Crippen LogP contribution in [0.3, 0.4) is 0 Å². The summed E-state index contributed by atoms with van der Waals surface area (Å²) in [6.07, 6.45) is 5.44. The number of thioether (sulfide) groups is 1. The van der Waals surface area contributed by atoms with Gasteiger partial charge in [-0.1, -0.05) is 0 Å². The Balaban J connectivity index is 2.96. The predicted molar refractivity (Wildman–Crippen MR) is 43.8 cm³/mol. The van der Waals surface area contributed by atoms with Crippen LogP contribution in [0.2, 0.25) is 0 Å². The molecule has 1 aromatic rings. The Bertz CT molecular complexity index is 191. The molecule has 0 atom stereocenters. The molecule has 4 heteroatoms. The lowest BCUT2D eigenvalue weighted by molar-refractivity contribution is 1.21. The molecule has 0 aromatic carbocycles. The maximum absolute atomic E-state index is 5.22. The summed E-state index contributed by atoms with van der Waals surface area (Å²) in [5, 5.41) is 0. The number of anilines is 1. The van der Waals surface area contributed by atoms with Crippen LogP contribution in [0.15, 0.2) is 23.4 Å². The molecule has 0 fully saturated rings. The van der Waals surface area contributed by atoms with E-state index in [4.69, 9.17) is 5.84 Å². The van der Waals surface area contributed by atoms with E-state index in [9.17, 15) is 0 Å². The third-order valence-corrected chi connectivity index (χ3v) is 1.95. The molecule has 0 saturated heterocycles. The standard InChI is InChI=1S/C6H9N3S/c1-10-6-2-3-8-4-5(6)9-7/h2-4,9H,7H2,1H3. The Kier molecular flexibility index (Phi) is 2.53. The lowest BCUT2D eigenvalue weighted by atomic mass is 10.4. The number of nitrogens with zero attached hydrogens (tertiary/aromatic N) is 1. The van der Waals surface area contributed by atoms with Gasteiger partial charge in [0, 0.05) is 11.1 Å². The SMILES string of the molecule is CSc1ccncc1NN. The number of hydrogen-bond donors (Lipinski definition) is 2. The van der Waals surface area contributed by atoms with Gasteiger partial charge in [-0.3, -0.25) is 10.8 Å². The van der Waals surface area contributed by atoms with Crippen molar-refractivity contribution in [1.82, 2.24) is 4.98 Å². The van der Waals surface area contributed by atoms with Crippen molar-refractivity contribution < 1.29 is 0 Å². The zero-order chi connectivity index (χ0) is 7.40. The number of nitrogen functional groups attached to an aromatic ring is 1. The van der Waals surface area contributed by atoms with Crippen LogP contribution < -0.4 is 11.3 Å². The smallest absolute Gasteiger partial charge is 0.0806 e. The second kappa shape index (κ2) is 3.43. The minimum Gasteiger partial charge on any atom is -0.322 e. The van der Waals surface area contributed by atoms with Crippen LogP contribution in [0.25, 0.3) is 0 Å². The van der Waals surface area contributed by atoms with Crippen molar-refractivity contribution in [1.29, 1.82) is 0 Å². The fraction of sp³-hybridized carbons (Fsp3) is 0.167. The first-order chi connectivity index (χ1) is 4.88. The minimum absolute atomic E-state index is 0.870. The number of nitrogens with one attached hydrogen (secondary N) is 1. The van der Waals surface area contributed by atoms with Crippen LogP contribution in [-0.2, 0) is 0 Å². The number of rotatable bonds is 2. The van der Waals surface area contributed by atoms with E-state index < -0.39 is 0 Å². The maximum Gasteiger partial charge on any atom is 0.0806 e. The first-order valence-electron chi connectivity index (χ1n) is 2.83. The largest absolute Gasteiger partial charge is 0.322 e. The summed E-state index contributed by atoms with van der Waals surface area (Å²) in [5.41, 5.74) is 3.43. The Hall–Kier alpha value is -0.740. The first-order valence-corrected chi connectivity index (χ1v) is 4.05. The van der Waals surface area contributed by atoms with Gasteiger partial charge < -0.3 is 5.43 Å². The fourth-order valence-electron chi connectivity index (χ4n) is 0.668. The zero-order valence-corrected chi connectivity index (χ0v) is 6.48.